The fourth-order valence-corrected chi connectivity index (χ4v) is 1.68. The van der Waals surface area contributed by atoms with Gasteiger partial charge in [0.2, 0.25) is 0 Å². The molecule has 6 heteroatoms. The third kappa shape index (κ3) is 2.80. The molecule has 1 unspecified atom stereocenters. The van der Waals surface area contributed by atoms with Gasteiger partial charge < -0.3 is 19.9 Å². The van der Waals surface area contributed by atoms with Crippen molar-refractivity contribution in [3.63, 3.8) is 0 Å². The number of hydrogen-bond donors (Lipinski definition) is 2. The number of likely N-dealkylation sites (N-methyl/N-ethyl adjacent to an activating group) is 1. The van der Waals surface area contributed by atoms with E-state index in [0.29, 0.717) is 12.4 Å². The van der Waals surface area contributed by atoms with Crippen LogP contribution in [0.15, 0.2) is 17.2 Å². The molecule has 2 heterocycles. The van der Waals surface area contributed by atoms with Crippen LogP contribution < -0.4 is 10.9 Å². The first kappa shape index (κ1) is 11.1. The number of nitrogens with one attached hydrogen (secondary N) is 2. The normalized spacial score (nSPS) is 21.9. The summed E-state index contributed by atoms with van der Waals surface area (Å²) in [5.41, 5.74) is -0.202. The summed E-state index contributed by atoms with van der Waals surface area (Å²) in [6.07, 6.45) is 3.18. The molecular formula is C10H16N4O2. The summed E-state index contributed by atoms with van der Waals surface area (Å²) in [4.78, 5) is 20.1. The highest BCUT2D eigenvalue weighted by Crippen LogP contribution is 2.03. The first-order chi connectivity index (χ1) is 7.75. The van der Waals surface area contributed by atoms with E-state index in [9.17, 15) is 4.79 Å². The van der Waals surface area contributed by atoms with Gasteiger partial charge in [-0.1, -0.05) is 0 Å². The molecule has 6 nitrogen and oxygen atoms in total. The van der Waals surface area contributed by atoms with Crippen LogP contribution in [0, 0.1) is 0 Å². The third-order valence-corrected chi connectivity index (χ3v) is 2.55. The van der Waals surface area contributed by atoms with Crippen molar-refractivity contribution in [1.29, 1.82) is 0 Å². The molecule has 1 aliphatic heterocycles. The molecule has 1 fully saturated rings. The number of H-pyrrole nitrogens is 1. The molecule has 1 aromatic heterocycles. The van der Waals surface area contributed by atoms with Crippen molar-refractivity contribution in [3.8, 4) is 0 Å². The van der Waals surface area contributed by atoms with Crippen molar-refractivity contribution in [1.82, 2.24) is 14.9 Å². The van der Waals surface area contributed by atoms with Crippen LogP contribution in [-0.4, -0.2) is 54.3 Å². The van der Waals surface area contributed by atoms with E-state index in [4.69, 9.17) is 4.74 Å². The van der Waals surface area contributed by atoms with Crippen LogP contribution in [-0.2, 0) is 4.74 Å². The van der Waals surface area contributed by atoms with Gasteiger partial charge in [-0.3, -0.25) is 4.79 Å². The second-order valence-corrected chi connectivity index (χ2v) is 3.90. The number of rotatable bonds is 3. The van der Waals surface area contributed by atoms with Gasteiger partial charge in [-0.15, -0.1) is 0 Å². The number of anilines is 1. The van der Waals surface area contributed by atoms with Crippen molar-refractivity contribution < 1.29 is 4.74 Å². The lowest BCUT2D eigenvalue weighted by molar-refractivity contribution is -0.0117. The SMILES string of the molecule is CN1CCOC(CNc2ncc[nH]c2=O)C1. The fourth-order valence-electron chi connectivity index (χ4n) is 1.68. The molecule has 1 aliphatic rings. The molecule has 0 aliphatic carbocycles. The first-order valence-electron chi connectivity index (χ1n) is 5.33. The van der Waals surface area contributed by atoms with Crippen LogP contribution in [0.2, 0.25) is 0 Å². The van der Waals surface area contributed by atoms with Crippen molar-refractivity contribution >= 4 is 5.82 Å². The van der Waals surface area contributed by atoms with Gasteiger partial charge in [0.05, 0.1) is 12.7 Å². The zero-order valence-corrected chi connectivity index (χ0v) is 9.27. The van der Waals surface area contributed by atoms with Gasteiger partial charge in [0.1, 0.15) is 0 Å². The molecule has 0 spiro atoms. The van der Waals surface area contributed by atoms with E-state index in [1.165, 1.54) is 6.20 Å². The minimum Gasteiger partial charge on any atom is -0.374 e. The molecule has 0 aromatic carbocycles. The number of nitrogens with zero attached hydrogens (tertiary/aromatic N) is 2. The predicted octanol–water partition coefficient (Wildman–Crippen LogP) is -0.488. The summed E-state index contributed by atoms with van der Waals surface area (Å²) in [5, 5.41) is 3.00. The second-order valence-electron chi connectivity index (χ2n) is 3.90. The highest BCUT2D eigenvalue weighted by atomic mass is 16.5. The van der Waals surface area contributed by atoms with Gasteiger partial charge in [0.25, 0.3) is 5.56 Å². The second kappa shape index (κ2) is 5.09. The fraction of sp³-hybridized carbons (Fsp3) is 0.600. The van der Waals surface area contributed by atoms with Gasteiger partial charge in [0, 0.05) is 32.0 Å². The number of hydrogen-bond acceptors (Lipinski definition) is 5. The Morgan fingerprint density at radius 3 is 3.38 bits per heavy atom. The van der Waals surface area contributed by atoms with Crippen molar-refractivity contribution in [3.05, 3.63) is 22.7 Å². The van der Waals surface area contributed by atoms with Crippen LogP contribution in [0.5, 0.6) is 0 Å². The molecule has 1 saturated heterocycles. The zero-order valence-electron chi connectivity index (χ0n) is 9.27. The van der Waals surface area contributed by atoms with Crippen LogP contribution in [0.25, 0.3) is 0 Å². The van der Waals surface area contributed by atoms with Gasteiger partial charge in [-0.05, 0) is 7.05 Å². The molecule has 2 N–H and O–H groups in total. The average molecular weight is 224 g/mol. The number of aromatic nitrogens is 2. The lowest BCUT2D eigenvalue weighted by atomic mass is 10.3. The maximum Gasteiger partial charge on any atom is 0.290 e. The summed E-state index contributed by atoms with van der Waals surface area (Å²) in [6, 6.07) is 0. The maximum atomic E-state index is 11.3. The lowest BCUT2D eigenvalue weighted by Crippen LogP contribution is -2.43. The van der Waals surface area contributed by atoms with E-state index >= 15 is 0 Å². The highest BCUT2D eigenvalue weighted by molar-refractivity contribution is 5.30. The quantitative estimate of drug-likeness (QED) is 0.725. The summed E-state index contributed by atoms with van der Waals surface area (Å²) < 4.78 is 5.57. The van der Waals surface area contributed by atoms with Crippen molar-refractivity contribution in [2.24, 2.45) is 0 Å². The molecule has 88 valence electrons. The van der Waals surface area contributed by atoms with E-state index in [2.05, 4.69) is 27.2 Å². The summed E-state index contributed by atoms with van der Waals surface area (Å²) in [6.45, 7) is 3.17. The van der Waals surface area contributed by atoms with Crippen LogP contribution in [0.1, 0.15) is 0 Å². The molecular weight excluding hydrogens is 208 g/mol. The number of morpholine rings is 1. The van der Waals surface area contributed by atoms with Crippen LogP contribution >= 0.6 is 0 Å². The maximum absolute atomic E-state index is 11.3. The van der Waals surface area contributed by atoms with Gasteiger partial charge in [-0.2, -0.15) is 0 Å². The average Bonchev–Trinajstić information content (AvgIpc) is 2.28. The monoisotopic (exact) mass is 224 g/mol. The number of ether oxygens (including phenoxy) is 1. The van der Waals surface area contributed by atoms with Crippen LogP contribution in [0.4, 0.5) is 5.82 Å². The summed E-state index contributed by atoms with van der Waals surface area (Å²) in [5.74, 6) is 0.347. The molecule has 0 radical (unpaired) electrons. The van der Waals surface area contributed by atoms with Crippen molar-refractivity contribution in [2.45, 2.75) is 6.10 Å². The van der Waals surface area contributed by atoms with Gasteiger partial charge in [-0.25, -0.2) is 4.98 Å². The topological polar surface area (TPSA) is 70.2 Å². The van der Waals surface area contributed by atoms with Gasteiger partial charge in [0.15, 0.2) is 5.82 Å². The van der Waals surface area contributed by atoms with Crippen molar-refractivity contribution in [2.75, 3.05) is 38.6 Å². The first-order valence-corrected chi connectivity index (χ1v) is 5.33. The third-order valence-electron chi connectivity index (χ3n) is 2.55. The van der Waals surface area contributed by atoms with E-state index in [1.54, 1.807) is 6.20 Å². The lowest BCUT2D eigenvalue weighted by Gasteiger charge is -2.30. The Bertz CT molecular complexity index is 392. The van der Waals surface area contributed by atoms with E-state index in [0.717, 1.165) is 19.7 Å². The van der Waals surface area contributed by atoms with E-state index in [-0.39, 0.29) is 11.7 Å². The molecule has 0 bridgehead atoms. The zero-order chi connectivity index (χ0) is 11.4. The molecule has 1 aromatic rings. The van der Waals surface area contributed by atoms with E-state index in [1.807, 2.05) is 0 Å². The van der Waals surface area contributed by atoms with Gasteiger partial charge >= 0.3 is 0 Å². The molecule has 2 rings (SSSR count). The summed E-state index contributed by atoms with van der Waals surface area (Å²) in [7, 11) is 2.06. The molecule has 0 amide bonds. The standard InChI is InChI=1S/C10H16N4O2/c1-14-4-5-16-8(7-14)6-13-9-10(15)12-3-2-11-9/h2-3,8H,4-7H2,1H3,(H,11,13)(H,12,15). The Morgan fingerprint density at radius 1 is 1.75 bits per heavy atom. The molecule has 0 saturated carbocycles. The Labute approximate surface area is 93.6 Å². The predicted molar refractivity (Wildman–Crippen MR) is 60.6 cm³/mol. The minimum atomic E-state index is -0.202. The van der Waals surface area contributed by atoms with E-state index < -0.39 is 0 Å². The Balaban J connectivity index is 1.87. The minimum absolute atomic E-state index is 0.111. The Morgan fingerprint density at radius 2 is 2.62 bits per heavy atom. The number of aromatic amines is 1. The van der Waals surface area contributed by atoms with Crippen LogP contribution in [0.3, 0.4) is 0 Å². The smallest absolute Gasteiger partial charge is 0.290 e. The molecule has 16 heavy (non-hydrogen) atoms. The Kier molecular flexibility index (Phi) is 3.53. The molecule has 1 atom stereocenters. The summed E-state index contributed by atoms with van der Waals surface area (Å²) >= 11 is 0. The highest BCUT2D eigenvalue weighted by Gasteiger charge is 2.17. The Hall–Kier alpha value is -1.40. The largest absolute Gasteiger partial charge is 0.374 e.